The van der Waals surface area contributed by atoms with E-state index in [0.717, 1.165) is 11.7 Å². The fourth-order valence-corrected chi connectivity index (χ4v) is 3.33. The molecule has 1 saturated carbocycles. The lowest BCUT2D eigenvalue weighted by molar-refractivity contribution is 0.229. The minimum Gasteiger partial charge on any atom is -0.301 e. The molecule has 2 nitrogen and oxygen atoms in total. The molecular weight excluding hydrogens is 192 g/mol. The Labute approximate surface area is 90.7 Å². The summed E-state index contributed by atoms with van der Waals surface area (Å²) in [5.74, 6) is 1.27. The zero-order chi connectivity index (χ0) is 10.0. The van der Waals surface area contributed by atoms with Crippen LogP contribution in [0, 0.1) is 16.7 Å². The lowest BCUT2D eigenvalue weighted by atomic mass is 10.0. The van der Waals surface area contributed by atoms with Gasteiger partial charge < -0.3 is 4.90 Å². The Hall–Kier alpha value is -0.200. The van der Waals surface area contributed by atoms with E-state index in [-0.39, 0.29) is 0 Å². The molecule has 1 unspecified atom stereocenters. The molecule has 0 aromatic rings. The highest BCUT2D eigenvalue weighted by Gasteiger charge is 2.43. The van der Waals surface area contributed by atoms with Crippen LogP contribution in [0.25, 0.3) is 0 Å². The van der Waals surface area contributed by atoms with Crippen molar-refractivity contribution in [3.63, 3.8) is 0 Å². The summed E-state index contributed by atoms with van der Waals surface area (Å²) < 4.78 is 0. The molecule has 1 aliphatic carbocycles. The van der Waals surface area contributed by atoms with Crippen molar-refractivity contribution < 1.29 is 0 Å². The predicted molar refractivity (Wildman–Crippen MR) is 60.3 cm³/mol. The number of hydrogen-bond donors (Lipinski definition) is 0. The summed E-state index contributed by atoms with van der Waals surface area (Å²) >= 11 is 2.07. The van der Waals surface area contributed by atoms with Gasteiger partial charge in [0.25, 0.3) is 0 Å². The average Bonchev–Trinajstić information content (AvgIpc) is 2.85. The van der Waals surface area contributed by atoms with E-state index in [1.54, 1.807) is 0 Å². The minimum atomic E-state index is 0.399. The fraction of sp³-hybridized carbons (Fsp3) is 0.909. The van der Waals surface area contributed by atoms with Crippen molar-refractivity contribution in [2.45, 2.75) is 31.4 Å². The van der Waals surface area contributed by atoms with Gasteiger partial charge in [-0.25, -0.2) is 0 Å². The monoisotopic (exact) mass is 210 g/mol. The maximum atomic E-state index is 8.75. The van der Waals surface area contributed by atoms with Crippen LogP contribution < -0.4 is 0 Å². The summed E-state index contributed by atoms with van der Waals surface area (Å²) in [6.07, 6.45) is 3.32. The van der Waals surface area contributed by atoms with Gasteiger partial charge in [0.2, 0.25) is 0 Å². The molecule has 0 bridgehead atoms. The third-order valence-corrected chi connectivity index (χ3v) is 4.43. The molecule has 78 valence electrons. The Morgan fingerprint density at radius 2 is 2.36 bits per heavy atom. The molecule has 0 spiro atoms. The highest BCUT2D eigenvalue weighted by Crippen LogP contribution is 2.49. The van der Waals surface area contributed by atoms with Gasteiger partial charge in [0.05, 0.1) is 6.07 Å². The molecule has 0 aromatic carbocycles. The second kappa shape index (κ2) is 4.12. The highest BCUT2D eigenvalue weighted by molar-refractivity contribution is 7.99. The molecule has 14 heavy (non-hydrogen) atoms. The maximum Gasteiger partial charge on any atom is 0.0628 e. The highest BCUT2D eigenvalue weighted by atomic mass is 32.2. The molecule has 0 aromatic heterocycles. The van der Waals surface area contributed by atoms with Crippen LogP contribution in [0.4, 0.5) is 0 Å². The van der Waals surface area contributed by atoms with Crippen LogP contribution in [-0.2, 0) is 0 Å². The molecule has 1 saturated heterocycles. The van der Waals surface area contributed by atoms with Crippen LogP contribution in [0.3, 0.4) is 0 Å². The van der Waals surface area contributed by atoms with E-state index in [1.807, 2.05) is 0 Å². The van der Waals surface area contributed by atoms with Crippen LogP contribution >= 0.6 is 11.8 Å². The molecule has 0 radical (unpaired) electrons. The number of nitrogens with zero attached hydrogens (tertiary/aromatic N) is 2. The third-order valence-electron chi connectivity index (χ3n) is 3.30. The Kier molecular flexibility index (Phi) is 3.04. The van der Waals surface area contributed by atoms with Gasteiger partial charge in [-0.15, -0.1) is 0 Å². The predicted octanol–water partition coefficient (Wildman–Crippen LogP) is 2.12. The molecule has 1 heterocycles. The van der Waals surface area contributed by atoms with Crippen molar-refractivity contribution in [3.05, 3.63) is 0 Å². The van der Waals surface area contributed by atoms with Crippen molar-refractivity contribution in [3.8, 4) is 6.07 Å². The summed E-state index contributed by atoms with van der Waals surface area (Å²) in [5.41, 5.74) is 0.399. The van der Waals surface area contributed by atoms with E-state index in [0.29, 0.717) is 5.41 Å². The zero-order valence-corrected chi connectivity index (χ0v) is 9.65. The molecule has 2 fully saturated rings. The quantitative estimate of drug-likeness (QED) is 0.714. The van der Waals surface area contributed by atoms with Crippen molar-refractivity contribution >= 4 is 11.8 Å². The van der Waals surface area contributed by atoms with Crippen molar-refractivity contribution in [1.82, 2.24) is 4.90 Å². The summed E-state index contributed by atoms with van der Waals surface area (Å²) in [4.78, 5) is 2.56. The van der Waals surface area contributed by atoms with Gasteiger partial charge in [0.15, 0.2) is 0 Å². The largest absolute Gasteiger partial charge is 0.301 e. The first-order valence-electron chi connectivity index (χ1n) is 5.45. The molecule has 2 aliphatic rings. The number of thioether (sulfide) groups is 1. The molecule has 3 heteroatoms. The van der Waals surface area contributed by atoms with Crippen LogP contribution in [0.15, 0.2) is 0 Å². The maximum absolute atomic E-state index is 8.75. The lowest BCUT2D eigenvalue weighted by Gasteiger charge is -2.32. The van der Waals surface area contributed by atoms with E-state index in [9.17, 15) is 0 Å². The van der Waals surface area contributed by atoms with Gasteiger partial charge in [-0.3, -0.25) is 0 Å². The fourth-order valence-electron chi connectivity index (χ4n) is 2.24. The molecular formula is C11H18N2S. The van der Waals surface area contributed by atoms with Crippen LogP contribution in [-0.4, -0.2) is 35.5 Å². The van der Waals surface area contributed by atoms with Crippen molar-refractivity contribution in [2.24, 2.45) is 5.41 Å². The summed E-state index contributed by atoms with van der Waals surface area (Å²) in [6.45, 7) is 5.92. The smallest absolute Gasteiger partial charge is 0.0628 e. The number of nitriles is 1. The Balaban J connectivity index is 1.82. The molecule has 2 rings (SSSR count). The molecule has 1 aliphatic heterocycles. The Bertz CT molecular complexity index is 242. The van der Waals surface area contributed by atoms with Gasteiger partial charge in [-0.05, 0) is 18.3 Å². The minimum absolute atomic E-state index is 0.399. The summed E-state index contributed by atoms with van der Waals surface area (Å²) in [6, 6.07) is 2.34. The number of hydrogen-bond acceptors (Lipinski definition) is 3. The second-order valence-electron chi connectivity index (χ2n) is 4.75. The molecule has 0 amide bonds. The standard InChI is InChI=1S/C11H18N2S/c1-10-8-13(6-7-14-10)9-11(2-3-11)4-5-12/h10H,2-4,6-9H2,1H3. The third kappa shape index (κ3) is 2.43. The summed E-state index contributed by atoms with van der Waals surface area (Å²) in [7, 11) is 0. The molecule has 1 atom stereocenters. The van der Waals surface area contributed by atoms with E-state index in [2.05, 4.69) is 29.7 Å². The first kappa shape index (κ1) is 10.3. The van der Waals surface area contributed by atoms with Gasteiger partial charge in [0, 0.05) is 37.1 Å². The first-order chi connectivity index (χ1) is 6.74. The topological polar surface area (TPSA) is 27.0 Å². The SMILES string of the molecule is CC1CN(CC2(CC#N)CC2)CCS1. The first-order valence-corrected chi connectivity index (χ1v) is 6.50. The van der Waals surface area contributed by atoms with Gasteiger partial charge in [0.1, 0.15) is 0 Å². The van der Waals surface area contributed by atoms with Gasteiger partial charge in [-0.2, -0.15) is 17.0 Å². The van der Waals surface area contributed by atoms with E-state index in [1.165, 1.54) is 38.2 Å². The normalized spacial score (nSPS) is 31.0. The van der Waals surface area contributed by atoms with E-state index in [4.69, 9.17) is 5.26 Å². The van der Waals surface area contributed by atoms with Crippen LogP contribution in [0.5, 0.6) is 0 Å². The summed E-state index contributed by atoms with van der Waals surface area (Å²) in [5, 5.41) is 9.53. The van der Waals surface area contributed by atoms with Gasteiger partial charge >= 0.3 is 0 Å². The van der Waals surface area contributed by atoms with E-state index >= 15 is 0 Å². The Morgan fingerprint density at radius 3 is 2.93 bits per heavy atom. The average molecular weight is 210 g/mol. The van der Waals surface area contributed by atoms with Crippen molar-refractivity contribution in [2.75, 3.05) is 25.4 Å². The Morgan fingerprint density at radius 1 is 1.57 bits per heavy atom. The number of rotatable bonds is 3. The van der Waals surface area contributed by atoms with E-state index < -0.39 is 0 Å². The lowest BCUT2D eigenvalue weighted by Crippen LogP contribution is -2.40. The van der Waals surface area contributed by atoms with Crippen LogP contribution in [0.1, 0.15) is 26.2 Å². The zero-order valence-electron chi connectivity index (χ0n) is 8.83. The molecule has 0 N–H and O–H groups in total. The second-order valence-corrected chi connectivity index (χ2v) is 6.30. The van der Waals surface area contributed by atoms with Crippen molar-refractivity contribution in [1.29, 1.82) is 5.26 Å². The van der Waals surface area contributed by atoms with Crippen LogP contribution in [0.2, 0.25) is 0 Å². The van der Waals surface area contributed by atoms with Gasteiger partial charge in [-0.1, -0.05) is 6.92 Å².